The van der Waals surface area contributed by atoms with Crippen molar-refractivity contribution >= 4 is 16.6 Å². The van der Waals surface area contributed by atoms with Crippen LogP contribution in [0.1, 0.15) is 0 Å². The summed E-state index contributed by atoms with van der Waals surface area (Å²) in [6.45, 7) is 0. The molecular formula is C17H11N3O2. The van der Waals surface area contributed by atoms with E-state index in [0.717, 1.165) is 28.0 Å². The molecule has 0 aliphatic carbocycles. The van der Waals surface area contributed by atoms with Crippen LogP contribution in [-0.4, -0.2) is 14.5 Å². The van der Waals surface area contributed by atoms with Crippen molar-refractivity contribution in [2.24, 2.45) is 0 Å². The number of rotatable bonds is 2. The lowest BCUT2D eigenvalue weighted by atomic mass is 10.1. The first kappa shape index (κ1) is 12.5. The van der Waals surface area contributed by atoms with Crippen LogP contribution in [0.5, 0.6) is 0 Å². The van der Waals surface area contributed by atoms with Crippen molar-refractivity contribution in [1.29, 1.82) is 0 Å². The standard InChI is InChI=1S/C17H11N3O2/c21-20(22)13-9-7-12(8-10-13)19-11-3-5-15-14-4-1-2-6-16(14)18-17(15)19/h1-11H. The lowest BCUT2D eigenvalue weighted by molar-refractivity contribution is -0.384. The van der Waals surface area contributed by atoms with E-state index in [4.69, 9.17) is 0 Å². The Bertz CT molecular complexity index is 957. The number of nitro groups is 1. The number of nitrogens with zero attached hydrogens (tertiary/aromatic N) is 3. The summed E-state index contributed by atoms with van der Waals surface area (Å²) in [6, 6.07) is 18.4. The Labute approximate surface area is 125 Å². The number of aromatic nitrogens is 2. The number of hydrogen-bond donors (Lipinski definition) is 0. The first-order valence-corrected chi connectivity index (χ1v) is 6.85. The van der Waals surface area contributed by atoms with Crippen LogP contribution in [0.2, 0.25) is 0 Å². The number of pyridine rings is 1. The van der Waals surface area contributed by atoms with Gasteiger partial charge in [-0.15, -0.1) is 0 Å². The van der Waals surface area contributed by atoms with Gasteiger partial charge in [-0.2, -0.15) is 0 Å². The molecule has 4 rings (SSSR count). The van der Waals surface area contributed by atoms with E-state index in [2.05, 4.69) is 4.98 Å². The average Bonchev–Trinajstić information content (AvgIpc) is 2.93. The molecule has 0 unspecified atom stereocenters. The zero-order chi connectivity index (χ0) is 15.1. The second kappa shape index (κ2) is 4.66. The minimum Gasteiger partial charge on any atom is -0.301 e. The van der Waals surface area contributed by atoms with Crippen LogP contribution >= 0.6 is 0 Å². The summed E-state index contributed by atoms with van der Waals surface area (Å²) in [7, 11) is 0. The molecule has 0 radical (unpaired) electrons. The Hall–Kier alpha value is -3.21. The summed E-state index contributed by atoms with van der Waals surface area (Å²) in [5.74, 6) is 0.845. The van der Waals surface area contributed by atoms with Crippen molar-refractivity contribution in [3.05, 3.63) is 77.0 Å². The Morgan fingerprint density at radius 1 is 0.955 bits per heavy atom. The average molecular weight is 289 g/mol. The molecule has 5 nitrogen and oxygen atoms in total. The summed E-state index contributed by atoms with van der Waals surface area (Å²) in [4.78, 5) is 15.0. The van der Waals surface area contributed by atoms with Gasteiger partial charge in [0.05, 0.1) is 10.4 Å². The molecule has 22 heavy (non-hydrogen) atoms. The molecule has 5 heteroatoms. The fraction of sp³-hybridized carbons (Fsp3) is 0. The van der Waals surface area contributed by atoms with Crippen LogP contribution in [-0.2, 0) is 0 Å². The minimum atomic E-state index is -0.399. The molecule has 0 saturated carbocycles. The van der Waals surface area contributed by atoms with E-state index in [0.29, 0.717) is 0 Å². The molecule has 0 bridgehead atoms. The molecule has 0 N–H and O–H groups in total. The zero-order valence-corrected chi connectivity index (χ0v) is 11.5. The first-order chi connectivity index (χ1) is 10.7. The molecule has 0 spiro atoms. The lowest BCUT2D eigenvalue weighted by Gasteiger charge is -2.11. The normalized spacial score (nSPS) is 11.1. The molecule has 2 aromatic carbocycles. The van der Waals surface area contributed by atoms with Crippen molar-refractivity contribution in [3.63, 3.8) is 0 Å². The Morgan fingerprint density at radius 2 is 1.73 bits per heavy atom. The van der Waals surface area contributed by atoms with Crippen LogP contribution in [0.4, 0.5) is 5.69 Å². The summed E-state index contributed by atoms with van der Waals surface area (Å²) >= 11 is 0. The summed E-state index contributed by atoms with van der Waals surface area (Å²) in [5.41, 5.74) is 2.94. The SMILES string of the molecule is O=[N+]([O-])c1ccc(-n2cccc3c4ccccc4nc2-3)cc1. The maximum Gasteiger partial charge on any atom is 0.269 e. The highest BCUT2D eigenvalue weighted by Gasteiger charge is 2.15. The van der Waals surface area contributed by atoms with E-state index in [1.54, 1.807) is 12.1 Å². The number of nitro benzene ring substituents is 1. The number of fused-ring (bicyclic) bond motifs is 3. The van der Waals surface area contributed by atoms with Crippen molar-refractivity contribution in [2.45, 2.75) is 0 Å². The second-order valence-electron chi connectivity index (χ2n) is 5.02. The van der Waals surface area contributed by atoms with Crippen molar-refractivity contribution in [3.8, 4) is 17.1 Å². The highest BCUT2D eigenvalue weighted by atomic mass is 16.6. The van der Waals surface area contributed by atoms with Crippen molar-refractivity contribution in [1.82, 2.24) is 9.55 Å². The van der Waals surface area contributed by atoms with Crippen LogP contribution < -0.4 is 0 Å². The van der Waals surface area contributed by atoms with E-state index in [9.17, 15) is 10.1 Å². The Balaban J connectivity index is 1.92. The monoisotopic (exact) mass is 289 g/mol. The third-order valence-corrected chi connectivity index (χ3v) is 3.73. The van der Waals surface area contributed by atoms with Gasteiger partial charge in [0.15, 0.2) is 0 Å². The van der Waals surface area contributed by atoms with E-state index < -0.39 is 4.92 Å². The Morgan fingerprint density at radius 3 is 2.50 bits per heavy atom. The Kier molecular flexibility index (Phi) is 2.66. The van der Waals surface area contributed by atoms with Gasteiger partial charge in [0.25, 0.3) is 5.69 Å². The molecule has 0 amide bonds. The molecule has 106 valence electrons. The fourth-order valence-corrected chi connectivity index (χ4v) is 2.68. The molecule has 2 heterocycles. The first-order valence-electron chi connectivity index (χ1n) is 6.85. The smallest absolute Gasteiger partial charge is 0.269 e. The van der Waals surface area contributed by atoms with Gasteiger partial charge in [-0.25, -0.2) is 4.98 Å². The van der Waals surface area contributed by atoms with Gasteiger partial charge in [-0.05, 0) is 30.3 Å². The van der Waals surface area contributed by atoms with Crippen molar-refractivity contribution in [2.75, 3.05) is 0 Å². The summed E-state index contributed by atoms with van der Waals surface area (Å²) in [6.07, 6.45) is 1.91. The van der Waals surface area contributed by atoms with Gasteiger partial charge in [-0.3, -0.25) is 10.1 Å². The molecular weight excluding hydrogens is 278 g/mol. The minimum absolute atomic E-state index is 0.0807. The molecule has 2 aliphatic heterocycles. The van der Waals surface area contributed by atoms with Gasteiger partial charge in [-0.1, -0.05) is 18.2 Å². The van der Waals surface area contributed by atoms with Gasteiger partial charge < -0.3 is 4.57 Å². The number of benzene rings is 2. The maximum absolute atomic E-state index is 10.8. The molecule has 0 fully saturated rings. The van der Waals surface area contributed by atoms with Crippen LogP contribution in [0, 0.1) is 10.1 Å². The summed E-state index contributed by atoms with van der Waals surface area (Å²) < 4.78 is 1.94. The fourth-order valence-electron chi connectivity index (χ4n) is 2.68. The topological polar surface area (TPSA) is 61.0 Å². The number of para-hydroxylation sites is 1. The highest BCUT2D eigenvalue weighted by molar-refractivity contribution is 5.96. The third kappa shape index (κ3) is 1.83. The summed E-state index contributed by atoms with van der Waals surface area (Å²) in [5, 5.41) is 11.9. The van der Waals surface area contributed by atoms with Crippen LogP contribution in [0.25, 0.3) is 28.0 Å². The van der Waals surface area contributed by atoms with Gasteiger partial charge >= 0.3 is 0 Å². The molecule has 0 atom stereocenters. The molecule has 0 saturated heterocycles. The quantitative estimate of drug-likeness (QED) is 0.413. The zero-order valence-electron chi connectivity index (χ0n) is 11.5. The van der Waals surface area contributed by atoms with Gasteiger partial charge in [0.2, 0.25) is 0 Å². The predicted octanol–water partition coefficient (Wildman–Crippen LogP) is 4.04. The molecule has 2 aromatic rings. The number of non-ortho nitro benzene ring substituents is 1. The third-order valence-electron chi connectivity index (χ3n) is 3.73. The van der Waals surface area contributed by atoms with Crippen LogP contribution in [0.3, 0.4) is 0 Å². The molecule has 2 aliphatic rings. The molecule has 0 aromatic heterocycles. The van der Waals surface area contributed by atoms with Gasteiger partial charge in [0.1, 0.15) is 5.82 Å². The van der Waals surface area contributed by atoms with E-state index in [-0.39, 0.29) is 5.69 Å². The number of hydrogen-bond acceptors (Lipinski definition) is 3. The van der Waals surface area contributed by atoms with Crippen LogP contribution in [0.15, 0.2) is 66.9 Å². The van der Waals surface area contributed by atoms with E-state index in [1.807, 2.05) is 47.2 Å². The second-order valence-corrected chi connectivity index (χ2v) is 5.02. The predicted molar refractivity (Wildman–Crippen MR) is 84.3 cm³/mol. The van der Waals surface area contributed by atoms with E-state index in [1.165, 1.54) is 12.1 Å². The highest BCUT2D eigenvalue weighted by Crippen LogP contribution is 2.32. The van der Waals surface area contributed by atoms with E-state index >= 15 is 0 Å². The lowest BCUT2D eigenvalue weighted by Crippen LogP contribution is -2.00. The van der Waals surface area contributed by atoms with Crippen molar-refractivity contribution < 1.29 is 4.92 Å². The largest absolute Gasteiger partial charge is 0.301 e. The van der Waals surface area contributed by atoms with Gasteiger partial charge in [0, 0.05) is 35.0 Å². The maximum atomic E-state index is 10.8.